The summed E-state index contributed by atoms with van der Waals surface area (Å²) in [5.74, 6) is 0.344. The van der Waals surface area contributed by atoms with Gasteiger partial charge in [0, 0.05) is 55.2 Å². The molecule has 3 amide bonds. The average molecular weight is 492 g/mol. The van der Waals surface area contributed by atoms with Crippen molar-refractivity contribution in [2.45, 2.75) is 71.1 Å². The first-order valence-corrected chi connectivity index (χ1v) is 13.7. The summed E-state index contributed by atoms with van der Waals surface area (Å²) in [5.41, 5.74) is 3.39. The van der Waals surface area contributed by atoms with Gasteiger partial charge in [0.15, 0.2) is 5.78 Å². The van der Waals surface area contributed by atoms with E-state index >= 15 is 0 Å². The molecule has 36 heavy (non-hydrogen) atoms. The van der Waals surface area contributed by atoms with Gasteiger partial charge in [-0.05, 0) is 75.8 Å². The third kappa shape index (κ3) is 4.90. The van der Waals surface area contributed by atoms with E-state index in [0.717, 1.165) is 76.8 Å². The summed E-state index contributed by atoms with van der Waals surface area (Å²) in [6, 6.07) is 5.30. The Morgan fingerprint density at radius 2 is 1.67 bits per heavy atom. The van der Waals surface area contributed by atoms with Crippen molar-refractivity contribution in [3.05, 3.63) is 40.5 Å². The molecule has 2 aliphatic heterocycles. The highest BCUT2D eigenvalue weighted by atomic mass is 16.2. The second kappa shape index (κ2) is 10.7. The molecular formula is C29H37N3O4. The average Bonchev–Trinajstić information content (AvgIpc) is 3.31. The normalized spacial score (nSPS) is 21.0. The number of piperazine rings is 1. The number of carbonyl (C=O) groups is 4. The van der Waals surface area contributed by atoms with E-state index in [4.69, 9.17) is 0 Å². The van der Waals surface area contributed by atoms with E-state index in [1.807, 2.05) is 6.07 Å². The number of anilines is 1. The lowest BCUT2D eigenvalue weighted by molar-refractivity contribution is -0.140. The van der Waals surface area contributed by atoms with Crippen LogP contribution < -0.4 is 4.90 Å². The molecule has 0 spiro atoms. The van der Waals surface area contributed by atoms with Crippen molar-refractivity contribution >= 4 is 29.2 Å². The lowest BCUT2D eigenvalue weighted by Gasteiger charge is -2.38. The van der Waals surface area contributed by atoms with E-state index in [1.54, 1.807) is 19.1 Å². The summed E-state index contributed by atoms with van der Waals surface area (Å²) in [7, 11) is 0. The largest absolute Gasteiger partial charge is 0.340 e. The van der Waals surface area contributed by atoms with Crippen molar-refractivity contribution in [3.8, 4) is 0 Å². The molecule has 2 fully saturated rings. The zero-order valence-electron chi connectivity index (χ0n) is 21.4. The number of benzene rings is 1. The van der Waals surface area contributed by atoms with Gasteiger partial charge in [0.25, 0.3) is 11.8 Å². The quantitative estimate of drug-likeness (QED) is 0.387. The SMILES string of the molecule is CC1=C(CCCCCCN2CCN(C(=O)C3CCC3)CC2)C(=O)N(c2ccc3c(c2)CCC3=O)C1=O. The molecule has 1 saturated heterocycles. The minimum absolute atomic E-state index is 0.131. The minimum atomic E-state index is -0.241. The van der Waals surface area contributed by atoms with Gasteiger partial charge in [-0.15, -0.1) is 0 Å². The van der Waals surface area contributed by atoms with Gasteiger partial charge in [0.1, 0.15) is 0 Å². The summed E-state index contributed by atoms with van der Waals surface area (Å²) >= 11 is 0. The fourth-order valence-corrected chi connectivity index (χ4v) is 5.89. The van der Waals surface area contributed by atoms with Crippen molar-refractivity contribution < 1.29 is 19.2 Å². The van der Waals surface area contributed by atoms with Crippen molar-refractivity contribution in [3.63, 3.8) is 0 Å². The number of amides is 3. The maximum atomic E-state index is 13.1. The number of Topliss-reactive ketones (excluding diaryl/α,β-unsaturated/α-hetero) is 1. The first kappa shape index (κ1) is 24.9. The number of carbonyl (C=O) groups excluding carboxylic acids is 4. The molecule has 1 aromatic carbocycles. The molecule has 192 valence electrons. The summed E-state index contributed by atoms with van der Waals surface area (Å²) < 4.78 is 0. The number of nitrogens with zero attached hydrogens (tertiary/aromatic N) is 3. The van der Waals surface area contributed by atoms with Gasteiger partial charge in [-0.25, -0.2) is 4.90 Å². The van der Waals surface area contributed by atoms with E-state index in [-0.39, 0.29) is 17.6 Å². The fourth-order valence-electron chi connectivity index (χ4n) is 5.89. The van der Waals surface area contributed by atoms with Gasteiger partial charge in [-0.2, -0.15) is 0 Å². The van der Waals surface area contributed by atoms with Crippen LogP contribution in [-0.2, 0) is 20.8 Å². The third-order valence-electron chi connectivity index (χ3n) is 8.50. The van der Waals surface area contributed by atoms with Gasteiger partial charge in [-0.3, -0.25) is 24.1 Å². The van der Waals surface area contributed by atoms with Crippen LogP contribution in [0, 0.1) is 5.92 Å². The van der Waals surface area contributed by atoms with E-state index in [9.17, 15) is 19.2 Å². The van der Waals surface area contributed by atoms with Gasteiger partial charge in [0.05, 0.1) is 5.69 Å². The van der Waals surface area contributed by atoms with Crippen LogP contribution in [0.15, 0.2) is 29.3 Å². The summed E-state index contributed by atoms with van der Waals surface area (Å²) in [6.07, 6.45) is 9.27. The Bertz CT molecular complexity index is 1100. The predicted molar refractivity (Wildman–Crippen MR) is 138 cm³/mol. The third-order valence-corrected chi connectivity index (χ3v) is 8.50. The number of fused-ring (bicyclic) bond motifs is 1. The Labute approximate surface area is 213 Å². The summed E-state index contributed by atoms with van der Waals surface area (Å²) in [6.45, 7) is 6.45. The molecule has 1 aromatic rings. The maximum absolute atomic E-state index is 13.1. The molecular weight excluding hydrogens is 454 g/mol. The highest BCUT2D eigenvalue weighted by Gasteiger charge is 2.37. The Hall–Kier alpha value is -2.80. The van der Waals surface area contributed by atoms with E-state index in [1.165, 1.54) is 11.3 Å². The van der Waals surface area contributed by atoms with Crippen LogP contribution in [0.1, 0.15) is 80.6 Å². The Balaban J connectivity index is 1.03. The van der Waals surface area contributed by atoms with Gasteiger partial charge >= 0.3 is 0 Å². The first-order chi connectivity index (χ1) is 17.4. The van der Waals surface area contributed by atoms with E-state index in [0.29, 0.717) is 53.5 Å². The van der Waals surface area contributed by atoms with Crippen molar-refractivity contribution in [1.29, 1.82) is 0 Å². The van der Waals surface area contributed by atoms with Crippen LogP contribution in [0.4, 0.5) is 5.69 Å². The molecule has 0 unspecified atom stereocenters. The molecule has 0 radical (unpaired) electrons. The van der Waals surface area contributed by atoms with Gasteiger partial charge in [0.2, 0.25) is 5.91 Å². The second-order valence-corrected chi connectivity index (χ2v) is 10.8. The summed E-state index contributed by atoms with van der Waals surface area (Å²) in [4.78, 5) is 56.1. The number of unbranched alkanes of at least 4 members (excludes halogenated alkanes) is 3. The Kier molecular flexibility index (Phi) is 7.37. The number of hydrogen-bond donors (Lipinski definition) is 0. The Morgan fingerprint density at radius 3 is 2.39 bits per heavy atom. The van der Waals surface area contributed by atoms with Crippen LogP contribution in [0.3, 0.4) is 0 Å². The van der Waals surface area contributed by atoms with Gasteiger partial charge < -0.3 is 4.90 Å². The molecule has 5 rings (SSSR count). The van der Waals surface area contributed by atoms with Crippen LogP contribution in [0.5, 0.6) is 0 Å². The van der Waals surface area contributed by atoms with Crippen molar-refractivity contribution in [2.24, 2.45) is 5.92 Å². The molecule has 0 N–H and O–H groups in total. The van der Waals surface area contributed by atoms with E-state index in [2.05, 4.69) is 9.80 Å². The Morgan fingerprint density at radius 1 is 0.917 bits per heavy atom. The number of ketones is 1. The number of imide groups is 1. The van der Waals surface area contributed by atoms with E-state index < -0.39 is 0 Å². The molecule has 1 saturated carbocycles. The summed E-state index contributed by atoms with van der Waals surface area (Å²) in [5, 5.41) is 0. The molecule has 7 heteroatoms. The topological polar surface area (TPSA) is 78.0 Å². The predicted octanol–water partition coefficient (Wildman–Crippen LogP) is 3.90. The molecule has 0 atom stereocenters. The lowest BCUT2D eigenvalue weighted by atomic mass is 9.84. The zero-order chi connectivity index (χ0) is 25.2. The molecule has 4 aliphatic rings. The number of aryl methyl sites for hydroxylation is 1. The number of rotatable bonds is 9. The lowest BCUT2D eigenvalue weighted by Crippen LogP contribution is -2.51. The number of hydrogen-bond acceptors (Lipinski definition) is 5. The molecule has 7 nitrogen and oxygen atoms in total. The monoisotopic (exact) mass is 491 g/mol. The second-order valence-electron chi connectivity index (χ2n) is 10.8. The highest BCUT2D eigenvalue weighted by Crippen LogP contribution is 2.33. The van der Waals surface area contributed by atoms with Crippen LogP contribution in [-0.4, -0.2) is 66.0 Å². The van der Waals surface area contributed by atoms with Crippen LogP contribution in [0.25, 0.3) is 0 Å². The fraction of sp³-hybridized carbons (Fsp3) is 0.586. The minimum Gasteiger partial charge on any atom is -0.340 e. The van der Waals surface area contributed by atoms with Crippen molar-refractivity contribution in [2.75, 3.05) is 37.6 Å². The van der Waals surface area contributed by atoms with Gasteiger partial charge in [-0.1, -0.05) is 19.3 Å². The van der Waals surface area contributed by atoms with Crippen molar-refractivity contribution in [1.82, 2.24) is 9.80 Å². The first-order valence-electron chi connectivity index (χ1n) is 13.7. The molecule has 0 aromatic heterocycles. The maximum Gasteiger partial charge on any atom is 0.261 e. The smallest absolute Gasteiger partial charge is 0.261 e. The molecule has 2 aliphatic carbocycles. The van der Waals surface area contributed by atoms with Crippen LogP contribution in [0.2, 0.25) is 0 Å². The highest BCUT2D eigenvalue weighted by molar-refractivity contribution is 6.32. The van der Waals surface area contributed by atoms with Crippen LogP contribution >= 0.6 is 0 Å². The molecule has 0 bridgehead atoms. The standard InChI is InChI=1S/C29H37N3O4/c1-20-24(29(36)32(27(20)34)23-11-12-25-22(19-23)10-13-26(25)33)9-4-2-3-5-14-30-15-17-31(18-16-30)28(35)21-7-6-8-21/h11-12,19,21H,2-10,13-18H2,1H3. The molecule has 2 heterocycles. The zero-order valence-corrected chi connectivity index (χ0v) is 21.4.